The third-order valence-corrected chi connectivity index (χ3v) is 6.61. The molecule has 9 heteroatoms. The monoisotopic (exact) mass is 511 g/mol. The molecular weight excluding hydrogens is 488 g/mol. The number of halogens is 3. The lowest BCUT2D eigenvalue weighted by Gasteiger charge is -2.20. The maximum atomic E-state index is 13.1. The first-order chi connectivity index (χ1) is 17.1. The molecule has 0 aliphatic carbocycles. The Balaban J connectivity index is 1.61. The van der Waals surface area contributed by atoms with Crippen LogP contribution in [-0.4, -0.2) is 38.2 Å². The molecule has 0 amide bonds. The highest BCUT2D eigenvalue weighted by Crippen LogP contribution is 2.46. The number of hydrogen-bond acceptors (Lipinski definition) is 5. The van der Waals surface area contributed by atoms with Crippen LogP contribution in [0.25, 0.3) is 16.6 Å². The SMILES string of the molecule is CC(C)(O)C1=CC=CC=C(c2ccc3nc4n(c3c2)C(c2c(Cl)cccc2OC(F)F)CC4O)C=N1. The van der Waals surface area contributed by atoms with Gasteiger partial charge in [0.25, 0.3) is 0 Å². The van der Waals surface area contributed by atoms with Crippen LogP contribution in [0.2, 0.25) is 5.02 Å². The van der Waals surface area contributed by atoms with Crippen molar-refractivity contribution in [2.24, 2.45) is 4.99 Å². The van der Waals surface area contributed by atoms with E-state index in [-0.39, 0.29) is 17.2 Å². The van der Waals surface area contributed by atoms with Gasteiger partial charge in [-0.1, -0.05) is 42.0 Å². The Morgan fingerprint density at radius 1 is 1.17 bits per heavy atom. The zero-order chi connectivity index (χ0) is 25.6. The summed E-state index contributed by atoms with van der Waals surface area (Å²) in [5.74, 6) is 0.397. The highest BCUT2D eigenvalue weighted by Gasteiger charge is 2.37. The summed E-state index contributed by atoms with van der Waals surface area (Å²) in [5.41, 5.74) is 2.78. The fraction of sp³-hybridized carbons (Fsp3) is 0.259. The Hall–Kier alpha value is -3.33. The molecule has 186 valence electrons. The predicted octanol–water partition coefficient (Wildman–Crippen LogP) is 6.00. The summed E-state index contributed by atoms with van der Waals surface area (Å²) < 4.78 is 32.9. The van der Waals surface area contributed by atoms with Crippen LogP contribution < -0.4 is 4.74 Å². The lowest BCUT2D eigenvalue weighted by molar-refractivity contribution is -0.0507. The molecule has 36 heavy (non-hydrogen) atoms. The molecule has 1 aromatic heterocycles. The molecule has 5 rings (SSSR count). The number of aliphatic imine (C=N–C) groups is 1. The third-order valence-electron chi connectivity index (χ3n) is 6.28. The van der Waals surface area contributed by atoms with Crippen LogP contribution in [0.4, 0.5) is 8.78 Å². The van der Waals surface area contributed by atoms with Crippen LogP contribution in [0.1, 0.15) is 49.4 Å². The van der Waals surface area contributed by atoms with Crippen LogP contribution in [0.5, 0.6) is 5.75 Å². The van der Waals surface area contributed by atoms with E-state index in [9.17, 15) is 19.0 Å². The van der Waals surface area contributed by atoms with Crippen molar-refractivity contribution in [3.05, 3.63) is 88.4 Å². The molecule has 0 bridgehead atoms. The molecule has 2 aliphatic heterocycles. The number of hydrogen-bond donors (Lipinski definition) is 2. The van der Waals surface area contributed by atoms with Gasteiger partial charge in [-0.15, -0.1) is 0 Å². The van der Waals surface area contributed by atoms with Gasteiger partial charge in [-0.05, 0) is 49.8 Å². The normalized spacial score (nSPS) is 19.8. The van der Waals surface area contributed by atoms with Crippen LogP contribution in [-0.2, 0) is 0 Å². The van der Waals surface area contributed by atoms with E-state index in [0.29, 0.717) is 28.1 Å². The standard InChI is InChI=1S/C27H24ClF2N3O3/c1-27(2,35)23-9-4-3-6-16(14-31-23)15-10-11-18-19(12-15)33-20(13-21(34)25(33)32-18)24-17(28)7-5-8-22(24)36-26(29)30/h3-12,14,20-21,26,34-35H,13H2,1-2H3. The third kappa shape index (κ3) is 4.48. The van der Waals surface area contributed by atoms with E-state index in [1.807, 2.05) is 41.0 Å². The highest BCUT2D eigenvalue weighted by atomic mass is 35.5. The van der Waals surface area contributed by atoms with E-state index in [4.69, 9.17) is 16.3 Å². The smallest absolute Gasteiger partial charge is 0.387 e. The number of aromatic nitrogens is 2. The number of benzene rings is 2. The Morgan fingerprint density at radius 3 is 2.69 bits per heavy atom. The first kappa shape index (κ1) is 24.4. The number of aliphatic hydroxyl groups excluding tert-OH is 1. The molecule has 6 nitrogen and oxygen atoms in total. The lowest BCUT2D eigenvalue weighted by Crippen LogP contribution is -2.20. The minimum Gasteiger partial charge on any atom is -0.434 e. The van der Waals surface area contributed by atoms with Gasteiger partial charge in [-0.3, -0.25) is 4.99 Å². The molecule has 0 saturated carbocycles. The van der Waals surface area contributed by atoms with E-state index in [2.05, 4.69) is 9.98 Å². The largest absolute Gasteiger partial charge is 0.434 e. The highest BCUT2D eigenvalue weighted by molar-refractivity contribution is 6.31. The number of allylic oxidation sites excluding steroid dienone is 5. The van der Waals surface area contributed by atoms with E-state index in [1.54, 1.807) is 38.3 Å². The minimum atomic E-state index is -3.01. The number of ether oxygens (including phenoxy) is 1. The summed E-state index contributed by atoms with van der Waals surface area (Å²) >= 11 is 6.46. The number of rotatable bonds is 5. The van der Waals surface area contributed by atoms with Gasteiger partial charge in [0.1, 0.15) is 23.3 Å². The van der Waals surface area contributed by atoms with Crippen molar-refractivity contribution in [2.75, 3.05) is 0 Å². The maximum Gasteiger partial charge on any atom is 0.387 e. The Morgan fingerprint density at radius 2 is 1.94 bits per heavy atom. The van der Waals surface area contributed by atoms with Crippen LogP contribution in [0.3, 0.4) is 0 Å². The van der Waals surface area contributed by atoms with Gasteiger partial charge in [-0.2, -0.15) is 8.78 Å². The number of fused-ring (bicyclic) bond motifs is 3. The molecule has 2 aromatic carbocycles. The molecule has 2 atom stereocenters. The van der Waals surface area contributed by atoms with E-state index < -0.39 is 24.4 Å². The van der Waals surface area contributed by atoms with Crippen LogP contribution in [0.15, 0.2) is 71.4 Å². The van der Waals surface area contributed by atoms with Crippen molar-refractivity contribution in [1.82, 2.24) is 9.55 Å². The predicted molar refractivity (Wildman–Crippen MR) is 136 cm³/mol. The Kier molecular flexibility index (Phi) is 6.28. The molecule has 2 unspecified atom stereocenters. The zero-order valence-electron chi connectivity index (χ0n) is 19.6. The van der Waals surface area contributed by atoms with Crippen molar-refractivity contribution < 1.29 is 23.7 Å². The fourth-order valence-corrected chi connectivity index (χ4v) is 4.92. The van der Waals surface area contributed by atoms with E-state index in [1.165, 1.54) is 6.07 Å². The summed E-state index contributed by atoms with van der Waals surface area (Å²) in [5, 5.41) is 21.4. The average Bonchev–Trinajstić information content (AvgIpc) is 3.30. The first-order valence-corrected chi connectivity index (χ1v) is 11.8. The number of nitrogens with zero attached hydrogens (tertiary/aromatic N) is 3. The molecule has 3 heterocycles. The molecule has 0 radical (unpaired) electrons. The van der Waals surface area contributed by atoms with Crippen molar-refractivity contribution in [1.29, 1.82) is 0 Å². The first-order valence-electron chi connectivity index (χ1n) is 11.4. The van der Waals surface area contributed by atoms with Gasteiger partial charge in [0.05, 0.1) is 22.8 Å². The molecule has 0 saturated heterocycles. The molecule has 0 spiro atoms. The quantitative estimate of drug-likeness (QED) is 0.440. The molecule has 2 aliphatic rings. The van der Waals surface area contributed by atoms with Gasteiger partial charge in [-0.25, -0.2) is 4.98 Å². The maximum absolute atomic E-state index is 13.1. The fourth-order valence-electron chi connectivity index (χ4n) is 4.63. The Labute approximate surface area is 211 Å². The summed E-state index contributed by atoms with van der Waals surface area (Å²) in [6, 6.07) is 9.70. The second-order valence-electron chi connectivity index (χ2n) is 9.22. The summed E-state index contributed by atoms with van der Waals surface area (Å²) in [7, 11) is 0. The molecular formula is C27H24ClF2N3O3. The second-order valence-corrected chi connectivity index (χ2v) is 9.62. The zero-order valence-corrected chi connectivity index (χ0v) is 20.3. The average molecular weight is 512 g/mol. The van der Waals surface area contributed by atoms with Gasteiger partial charge < -0.3 is 19.5 Å². The summed E-state index contributed by atoms with van der Waals surface area (Å²) in [6.07, 6.45) is 8.34. The van der Waals surface area contributed by atoms with Gasteiger partial charge >= 0.3 is 6.61 Å². The van der Waals surface area contributed by atoms with Crippen LogP contribution >= 0.6 is 11.6 Å². The van der Waals surface area contributed by atoms with E-state index in [0.717, 1.165) is 11.1 Å². The minimum absolute atomic E-state index is 0.0357. The van der Waals surface area contributed by atoms with Gasteiger partial charge in [0.2, 0.25) is 0 Å². The Bertz CT molecular complexity index is 1450. The van der Waals surface area contributed by atoms with Crippen molar-refractivity contribution >= 4 is 34.4 Å². The second kappa shape index (κ2) is 9.28. The number of aliphatic hydroxyl groups is 2. The summed E-state index contributed by atoms with van der Waals surface area (Å²) in [6.45, 7) is 0.326. The number of imidazole rings is 1. The van der Waals surface area contributed by atoms with Gasteiger partial charge in [0, 0.05) is 28.8 Å². The molecule has 2 N–H and O–H groups in total. The number of alkyl halides is 2. The van der Waals surface area contributed by atoms with E-state index >= 15 is 0 Å². The van der Waals surface area contributed by atoms with Crippen molar-refractivity contribution in [3.8, 4) is 5.75 Å². The summed E-state index contributed by atoms with van der Waals surface area (Å²) in [4.78, 5) is 9.08. The van der Waals surface area contributed by atoms with Crippen molar-refractivity contribution in [3.63, 3.8) is 0 Å². The van der Waals surface area contributed by atoms with Gasteiger partial charge in [0.15, 0.2) is 0 Å². The van der Waals surface area contributed by atoms with Crippen molar-refractivity contribution in [2.45, 2.75) is 44.6 Å². The van der Waals surface area contributed by atoms with Crippen LogP contribution in [0, 0.1) is 0 Å². The molecule has 3 aromatic rings. The molecule has 0 fully saturated rings. The topological polar surface area (TPSA) is 79.9 Å². The lowest BCUT2D eigenvalue weighted by atomic mass is 10.0.